The van der Waals surface area contributed by atoms with Gasteiger partial charge in [-0.2, -0.15) is 0 Å². The molecule has 0 bridgehead atoms. The number of amides is 1. The van der Waals surface area contributed by atoms with E-state index >= 15 is 0 Å². The van der Waals surface area contributed by atoms with Crippen LogP contribution < -0.4 is 5.32 Å². The first-order valence-electron chi connectivity index (χ1n) is 10.4. The molecule has 0 aromatic heterocycles. The normalized spacial score (nSPS) is 30.6. The highest BCUT2D eigenvalue weighted by molar-refractivity contribution is 6.07. The highest BCUT2D eigenvalue weighted by Crippen LogP contribution is 2.57. The summed E-state index contributed by atoms with van der Waals surface area (Å²) in [4.78, 5) is 27.8. The molecule has 0 saturated carbocycles. The Hall–Kier alpha value is -2.73. The second-order valence-electron chi connectivity index (χ2n) is 8.75. The monoisotopic (exact) mass is 391 g/mol. The number of benzene rings is 2. The van der Waals surface area contributed by atoms with E-state index in [1.165, 1.54) is 5.56 Å². The molecule has 3 heterocycles. The van der Waals surface area contributed by atoms with Crippen molar-refractivity contribution in [3.8, 4) is 0 Å². The first kappa shape index (κ1) is 18.3. The molecule has 2 aromatic rings. The topological polar surface area (TPSA) is 75.5 Å². The van der Waals surface area contributed by atoms with E-state index in [9.17, 15) is 14.9 Å². The third kappa shape index (κ3) is 2.35. The van der Waals surface area contributed by atoms with Gasteiger partial charge in [0.05, 0.1) is 5.92 Å². The highest BCUT2D eigenvalue weighted by Gasteiger charge is 2.73. The van der Waals surface area contributed by atoms with Crippen molar-refractivity contribution in [3.63, 3.8) is 0 Å². The number of nitrogens with zero attached hydrogens (tertiary/aromatic N) is 2. The lowest BCUT2D eigenvalue weighted by molar-refractivity contribution is -0.534. The molecule has 1 N–H and O–H groups in total. The first-order chi connectivity index (χ1) is 14.0. The Balaban J connectivity index is 1.70. The van der Waals surface area contributed by atoms with Crippen LogP contribution in [0.25, 0.3) is 0 Å². The quantitative estimate of drug-likeness (QED) is 0.637. The van der Waals surface area contributed by atoms with E-state index < -0.39 is 11.6 Å². The number of rotatable bonds is 3. The number of carbonyl (C=O) groups excluding carboxylic acids is 1. The van der Waals surface area contributed by atoms with Crippen molar-refractivity contribution in [2.24, 2.45) is 0 Å². The van der Waals surface area contributed by atoms with E-state index in [2.05, 4.69) is 36.2 Å². The molecule has 1 spiro atoms. The lowest BCUT2D eigenvalue weighted by Crippen LogP contribution is -2.55. The van der Waals surface area contributed by atoms with Crippen molar-refractivity contribution in [2.45, 2.75) is 56.1 Å². The number of hydrogen-bond donors (Lipinski definition) is 1. The van der Waals surface area contributed by atoms with Crippen LogP contribution in [0.3, 0.4) is 0 Å². The van der Waals surface area contributed by atoms with Crippen LogP contribution in [0.2, 0.25) is 0 Å². The van der Waals surface area contributed by atoms with Crippen molar-refractivity contribution >= 4 is 11.6 Å². The Kier molecular flexibility index (Phi) is 4.03. The molecule has 3 aliphatic rings. The standard InChI is InChI=1S/C23H25N3O3/c1-14(2)15-9-11-16(12-10-15)20-19-8-5-13-25(19)23(21(20)26(28)29)17-6-3-4-7-18(17)24-22(23)27/h3-4,6-7,9-12,14,19-21H,5,8,13H2,1-2H3,(H,24,27)/t19-,20+,21+,23+/m0/s1. The van der Waals surface area contributed by atoms with Gasteiger partial charge in [0.1, 0.15) is 0 Å². The minimum atomic E-state index is -1.23. The molecule has 29 heavy (non-hydrogen) atoms. The van der Waals surface area contributed by atoms with Crippen LogP contribution in [0, 0.1) is 10.1 Å². The summed E-state index contributed by atoms with van der Waals surface area (Å²) in [6.07, 6.45) is 1.82. The van der Waals surface area contributed by atoms with Crippen LogP contribution in [-0.2, 0) is 10.3 Å². The molecule has 2 fully saturated rings. The van der Waals surface area contributed by atoms with Crippen LogP contribution in [0.4, 0.5) is 5.69 Å². The van der Waals surface area contributed by atoms with Gasteiger partial charge in [0.15, 0.2) is 5.54 Å². The Morgan fingerprint density at radius 1 is 1.17 bits per heavy atom. The fourth-order valence-corrected chi connectivity index (χ4v) is 5.88. The second-order valence-corrected chi connectivity index (χ2v) is 8.75. The molecular weight excluding hydrogens is 366 g/mol. The zero-order chi connectivity index (χ0) is 20.3. The maximum absolute atomic E-state index is 13.4. The number of nitro groups is 1. The van der Waals surface area contributed by atoms with E-state index in [-0.39, 0.29) is 22.8 Å². The Bertz CT molecular complexity index is 987. The highest BCUT2D eigenvalue weighted by atomic mass is 16.6. The SMILES string of the molecule is CC(C)c1ccc([C@@H]2[C@@H]3CCCN3[C@@]3(C(=O)Nc4ccccc43)[C@@H]2[N+](=O)[O-])cc1. The Morgan fingerprint density at radius 2 is 1.90 bits per heavy atom. The third-order valence-corrected chi connectivity index (χ3v) is 7.08. The molecule has 2 saturated heterocycles. The van der Waals surface area contributed by atoms with Gasteiger partial charge in [-0.15, -0.1) is 0 Å². The minimum Gasteiger partial charge on any atom is -0.324 e. The van der Waals surface area contributed by atoms with Gasteiger partial charge in [-0.1, -0.05) is 56.3 Å². The number of nitrogens with one attached hydrogen (secondary N) is 1. The lowest BCUT2D eigenvalue weighted by atomic mass is 9.77. The molecule has 6 nitrogen and oxygen atoms in total. The van der Waals surface area contributed by atoms with E-state index in [1.54, 1.807) is 0 Å². The Morgan fingerprint density at radius 3 is 2.59 bits per heavy atom. The maximum atomic E-state index is 13.4. The van der Waals surface area contributed by atoms with Gasteiger partial charge >= 0.3 is 0 Å². The van der Waals surface area contributed by atoms with Crippen LogP contribution in [0.5, 0.6) is 0 Å². The van der Waals surface area contributed by atoms with Gasteiger partial charge in [-0.25, -0.2) is 0 Å². The molecule has 6 heteroatoms. The van der Waals surface area contributed by atoms with Crippen molar-refractivity contribution in [1.82, 2.24) is 4.90 Å². The summed E-state index contributed by atoms with van der Waals surface area (Å²) in [6, 6.07) is 14.6. The third-order valence-electron chi connectivity index (χ3n) is 7.08. The second kappa shape index (κ2) is 6.39. The number of anilines is 1. The Labute approximate surface area is 170 Å². The molecule has 2 aromatic carbocycles. The van der Waals surface area contributed by atoms with Gasteiger partial charge in [-0.3, -0.25) is 19.8 Å². The van der Waals surface area contributed by atoms with Crippen molar-refractivity contribution in [2.75, 3.05) is 11.9 Å². The van der Waals surface area contributed by atoms with Crippen molar-refractivity contribution in [3.05, 3.63) is 75.3 Å². The summed E-state index contributed by atoms with van der Waals surface area (Å²) in [6.45, 7) is 4.98. The zero-order valence-corrected chi connectivity index (χ0v) is 16.7. The summed E-state index contributed by atoms with van der Waals surface area (Å²) in [5.41, 5.74) is 2.39. The van der Waals surface area contributed by atoms with E-state index in [0.29, 0.717) is 18.2 Å². The van der Waals surface area contributed by atoms with Crippen LogP contribution in [0.1, 0.15) is 55.2 Å². The molecule has 150 valence electrons. The molecule has 4 atom stereocenters. The lowest BCUT2D eigenvalue weighted by Gasteiger charge is -2.32. The number of para-hydroxylation sites is 1. The summed E-state index contributed by atoms with van der Waals surface area (Å²) < 4.78 is 0. The molecule has 3 aliphatic heterocycles. The predicted octanol–water partition coefficient (Wildman–Crippen LogP) is 3.86. The summed E-state index contributed by atoms with van der Waals surface area (Å²) in [5.74, 6) is -0.167. The zero-order valence-electron chi connectivity index (χ0n) is 16.7. The van der Waals surface area contributed by atoms with Crippen LogP contribution in [-0.4, -0.2) is 34.4 Å². The average molecular weight is 391 g/mol. The fraction of sp³-hybridized carbons (Fsp3) is 0.435. The van der Waals surface area contributed by atoms with Gasteiger partial charge in [0.2, 0.25) is 0 Å². The average Bonchev–Trinajstić information content (AvgIpc) is 3.35. The van der Waals surface area contributed by atoms with Crippen LogP contribution in [0.15, 0.2) is 48.5 Å². The molecule has 0 radical (unpaired) electrons. The van der Waals surface area contributed by atoms with E-state index in [0.717, 1.165) is 24.0 Å². The van der Waals surface area contributed by atoms with Crippen LogP contribution >= 0.6 is 0 Å². The number of hydrogen-bond acceptors (Lipinski definition) is 4. The fourth-order valence-electron chi connectivity index (χ4n) is 5.88. The smallest absolute Gasteiger partial charge is 0.256 e. The first-order valence-corrected chi connectivity index (χ1v) is 10.4. The molecule has 0 unspecified atom stereocenters. The largest absolute Gasteiger partial charge is 0.324 e. The predicted molar refractivity (Wildman–Crippen MR) is 111 cm³/mol. The molecular formula is C23H25N3O3. The number of fused-ring (bicyclic) bond motifs is 4. The molecule has 0 aliphatic carbocycles. The molecule has 1 amide bonds. The van der Waals surface area contributed by atoms with Crippen molar-refractivity contribution in [1.29, 1.82) is 0 Å². The van der Waals surface area contributed by atoms with E-state index in [4.69, 9.17) is 0 Å². The summed E-state index contributed by atoms with van der Waals surface area (Å²) >= 11 is 0. The van der Waals surface area contributed by atoms with Gasteiger partial charge in [0.25, 0.3) is 11.9 Å². The van der Waals surface area contributed by atoms with Gasteiger partial charge in [-0.05, 0) is 36.0 Å². The summed E-state index contributed by atoms with van der Waals surface area (Å²) in [7, 11) is 0. The minimum absolute atomic E-state index is 0.00722. The number of carbonyl (C=O) groups is 1. The maximum Gasteiger partial charge on any atom is 0.256 e. The summed E-state index contributed by atoms with van der Waals surface area (Å²) in [5, 5.41) is 15.4. The van der Waals surface area contributed by atoms with Crippen molar-refractivity contribution < 1.29 is 9.72 Å². The van der Waals surface area contributed by atoms with E-state index in [1.807, 2.05) is 36.4 Å². The van der Waals surface area contributed by atoms with Gasteiger partial charge < -0.3 is 5.32 Å². The molecule has 5 rings (SSSR count). The van der Waals surface area contributed by atoms with Gasteiger partial charge in [0, 0.05) is 28.8 Å².